The molecule has 1 atom stereocenters. The van der Waals surface area contributed by atoms with Gasteiger partial charge < -0.3 is 19.9 Å². The Morgan fingerprint density at radius 1 is 1.40 bits per heavy atom. The van der Waals surface area contributed by atoms with Crippen LogP contribution < -0.4 is 5.32 Å². The summed E-state index contributed by atoms with van der Waals surface area (Å²) in [4.78, 5) is 29.9. The zero-order chi connectivity index (χ0) is 17.2. The fourth-order valence-electron chi connectivity index (χ4n) is 3.05. The Kier molecular flexibility index (Phi) is 3.93. The van der Waals surface area contributed by atoms with E-state index in [4.69, 9.17) is 4.74 Å². The van der Waals surface area contributed by atoms with E-state index in [-0.39, 0.29) is 12.1 Å². The molecule has 3 aromatic rings. The summed E-state index contributed by atoms with van der Waals surface area (Å²) < 4.78 is 4.78. The first-order valence-corrected chi connectivity index (χ1v) is 8.09. The minimum atomic E-state index is -0.297. The Balaban J connectivity index is 1.58. The van der Waals surface area contributed by atoms with E-state index in [1.807, 2.05) is 24.4 Å². The maximum Gasteiger partial charge on any atom is 0.409 e. The second-order valence-corrected chi connectivity index (χ2v) is 5.91. The second-order valence-electron chi connectivity index (χ2n) is 5.91. The number of hydrogen-bond acceptors (Lipinski definition) is 6. The number of nitrogens with zero attached hydrogens (tertiary/aromatic N) is 4. The summed E-state index contributed by atoms with van der Waals surface area (Å²) in [5, 5.41) is 3.42. The van der Waals surface area contributed by atoms with Crippen LogP contribution in [-0.2, 0) is 4.74 Å². The van der Waals surface area contributed by atoms with Gasteiger partial charge in [-0.1, -0.05) is 0 Å². The molecule has 1 amide bonds. The molecule has 0 aromatic carbocycles. The number of carbonyl (C=O) groups excluding carboxylic acids is 1. The number of ether oxygens (including phenoxy) is 1. The van der Waals surface area contributed by atoms with Crippen LogP contribution in [0.1, 0.15) is 6.42 Å². The molecule has 128 valence electrons. The van der Waals surface area contributed by atoms with Crippen LogP contribution >= 0.6 is 0 Å². The molecule has 1 saturated heterocycles. The molecule has 1 fully saturated rings. The number of aromatic amines is 1. The Morgan fingerprint density at radius 3 is 3.20 bits per heavy atom. The molecule has 0 saturated carbocycles. The lowest BCUT2D eigenvalue weighted by Crippen LogP contribution is -2.31. The van der Waals surface area contributed by atoms with Crippen LogP contribution in [-0.4, -0.2) is 57.2 Å². The van der Waals surface area contributed by atoms with Gasteiger partial charge in [-0.25, -0.2) is 19.7 Å². The summed E-state index contributed by atoms with van der Waals surface area (Å²) in [7, 11) is 1.40. The standard InChI is InChI=1S/C17H18N6O2/c1-25-17(24)23-8-5-11(10-23)21-15-12(3-2-6-18-15)14-9-20-16-13(22-14)4-7-19-16/h2-4,6-7,9,11H,5,8,10H2,1H3,(H,18,21)(H,19,20)/t11-/m1/s1. The van der Waals surface area contributed by atoms with Gasteiger partial charge in [-0.3, -0.25) is 0 Å². The average molecular weight is 338 g/mol. The van der Waals surface area contributed by atoms with E-state index in [1.165, 1.54) is 7.11 Å². The Morgan fingerprint density at radius 2 is 2.32 bits per heavy atom. The number of aromatic nitrogens is 4. The summed E-state index contributed by atoms with van der Waals surface area (Å²) in [6.45, 7) is 1.26. The molecule has 1 aliphatic rings. The number of carbonyl (C=O) groups is 1. The maximum absolute atomic E-state index is 11.6. The topological polar surface area (TPSA) is 96.0 Å². The maximum atomic E-state index is 11.6. The fourth-order valence-corrected chi connectivity index (χ4v) is 3.05. The number of amides is 1. The van der Waals surface area contributed by atoms with Crippen molar-refractivity contribution >= 4 is 23.1 Å². The summed E-state index contributed by atoms with van der Waals surface area (Å²) in [6.07, 6.45) is 5.83. The van der Waals surface area contributed by atoms with Crippen molar-refractivity contribution in [3.8, 4) is 11.3 Å². The monoisotopic (exact) mass is 338 g/mol. The quantitative estimate of drug-likeness (QED) is 0.760. The fraction of sp³-hybridized carbons (Fsp3) is 0.294. The molecule has 8 nitrogen and oxygen atoms in total. The Labute approximate surface area is 144 Å². The molecule has 0 unspecified atom stereocenters. The molecule has 2 N–H and O–H groups in total. The van der Waals surface area contributed by atoms with Gasteiger partial charge in [0.25, 0.3) is 0 Å². The number of H-pyrrole nitrogens is 1. The van der Waals surface area contributed by atoms with Crippen molar-refractivity contribution in [2.45, 2.75) is 12.5 Å². The van der Waals surface area contributed by atoms with Gasteiger partial charge in [0.1, 0.15) is 11.3 Å². The second kappa shape index (κ2) is 6.39. The largest absolute Gasteiger partial charge is 0.453 e. The van der Waals surface area contributed by atoms with Crippen LogP contribution in [0.4, 0.5) is 10.6 Å². The van der Waals surface area contributed by atoms with Gasteiger partial charge in [-0.15, -0.1) is 0 Å². The van der Waals surface area contributed by atoms with Crippen LogP contribution in [0.2, 0.25) is 0 Å². The summed E-state index contributed by atoms with van der Waals surface area (Å²) in [6, 6.07) is 5.85. The normalized spacial score (nSPS) is 17.0. The minimum Gasteiger partial charge on any atom is -0.453 e. The smallest absolute Gasteiger partial charge is 0.409 e. The first-order chi connectivity index (χ1) is 12.2. The van der Waals surface area contributed by atoms with Crippen LogP contribution in [0.25, 0.3) is 22.4 Å². The van der Waals surface area contributed by atoms with E-state index in [2.05, 4.69) is 25.3 Å². The lowest BCUT2D eigenvalue weighted by Gasteiger charge is -2.17. The summed E-state index contributed by atoms with van der Waals surface area (Å²) in [5.74, 6) is 0.739. The predicted molar refractivity (Wildman–Crippen MR) is 93.1 cm³/mol. The molecule has 3 aromatic heterocycles. The molecule has 0 aliphatic carbocycles. The Bertz CT molecular complexity index is 909. The van der Waals surface area contributed by atoms with E-state index < -0.39 is 0 Å². The molecule has 25 heavy (non-hydrogen) atoms. The third-order valence-electron chi connectivity index (χ3n) is 4.31. The first kappa shape index (κ1) is 15.4. The number of nitrogens with one attached hydrogen (secondary N) is 2. The van der Waals surface area contributed by atoms with Crippen molar-refractivity contribution < 1.29 is 9.53 Å². The van der Waals surface area contributed by atoms with E-state index >= 15 is 0 Å². The zero-order valence-corrected chi connectivity index (χ0v) is 13.8. The molecule has 0 spiro atoms. The Hall–Kier alpha value is -3.16. The van der Waals surface area contributed by atoms with Gasteiger partial charge in [0.15, 0.2) is 5.65 Å². The number of fused-ring (bicyclic) bond motifs is 1. The van der Waals surface area contributed by atoms with Gasteiger partial charge in [-0.2, -0.15) is 0 Å². The summed E-state index contributed by atoms with van der Waals surface area (Å²) in [5.41, 5.74) is 3.21. The molecule has 4 rings (SSSR count). The van der Waals surface area contributed by atoms with E-state index in [0.29, 0.717) is 13.1 Å². The lowest BCUT2D eigenvalue weighted by molar-refractivity contribution is 0.133. The van der Waals surface area contributed by atoms with Crippen molar-refractivity contribution in [2.24, 2.45) is 0 Å². The molecule has 1 aliphatic heterocycles. The third kappa shape index (κ3) is 2.98. The first-order valence-electron chi connectivity index (χ1n) is 8.09. The van der Waals surface area contributed by atoms with Gasteiger partial charge in [0, 0.05) is 37.1 Å². The highest BCUT2D eigenvalue weighted by Crippen LogP contribution is 2.26. The molecule has 4 heterocycles. The molecule has 8 heteroatoms. The molecule has 0 bridgehead atoms. The molecular weight excluding hydrogens is 320 g/mol. The zero-order valence-electron chi connectivity index (χ0n) is 13.8. The lowest BCUT2D eigenvalue weighted by atomic mass is 10.1. The third-order valence-corrected chi connectivity index (χ3v) is 4.31. The summed E-state index contributed by atoms with van der Waals surface area (Å²) >= 11 is 0. The van der Waals surface area contributed by atoms with E-state index in [1.54, 1.807) is 17.3 Å². The number of likely N-dealkylation sites (tertiary alicyclic amines) is 1. The van der Waals surface area contributed by atoms with Crippen molar-refractivity contribution in [1.82, 2.24) is 24.8 Å². The van der Waals surface area contributed by atoms with Crippen LogP contribution in [0.3, 0.4) is 0 Å². The van der Waals surface area contributed by atoms with Crippen molar-refractivity contribution in [1.29, 1.82) is 0 Å². The van der Waals surface area contributed by atoms with Crippen molar-refractivity contribution in [3.63, 3.8) is 0 Å². The number of rotatable bonds is 3. The van der Waals surface area contributed by atoms with E-state index in [9.17, 15) is 4.79 Å². The highest BCUT2D eigenvalue weighted by atomic mass is 16.5. The number of anilines is 1. The van der Waals surface area contributed by atoms with Crippen molar-refractivity contribution in [3.05, 3.63) is 36.8 Å². The van der Waals surface area contributed by atoms with Gasteiger partial charge in [-0.05, 0) is 24.6 Å². The van der Waals surface area contributed by atoms with Crippen molar-refractivity contribution in [2.75, 3.05) is 25.5 Å². The molecular formula is C17H18N6O2. The minimum absolute atomic E-state index is 0.122. The molecule has 0 radical (unpaired) electrons. The van der Waals surface area contributed by atoms with Crippen LogP contribution in [0.15, 0.2) is 36.8 Å². The highest BCUT2D eigenvalue weighted by molar-refractivity contribution is 5.78. The van der Waals surface area contributed by atoms with Crippen LogP contribution in [0, 0.1) is 0 Å². The van der Waals surface area contributed by atoms with Gasteiger partial charge in [0.05, 0.1) is 19.0 Å². The highest BCUT2D eigenvalue weighted by Gasteiger charge is 2.27. The predicted octanol–water partition coefficient (Wildman–Crippen LogP) is 2.27. The van der Waals surface area contributed by atoms with E-state index in [0.717, 1.165) is 34.7 Å². The number of methoxy groups -OCH3 is 1. The SMILES string of the molecule is COC(=O)N1CC[C@@H](Nc2ncccc2-c2cnc3[nH]ccc3n2)C1. The van der Waals surface area contributed by atoms with Crippen LogP contribution in [0.5, 0.6) is 0 Å². The average Bonchev–Trinajstić information content (AvgIpc) is 3.30. The van der Waals surface area contributed by atoms with Gasteiger partial charge in [0.2, 0.25) is 0 Å². The van der Waals surface area contributed by atoms with Gasteiger partial charge >= 0.3 is 6.09 Å². The number of hydrogen-bond donors (Lipinski definition) is 2. The number of pyridine rings is 1.